The summed E-state index contributed by atoms with van der Waals surface area (Å²) in [6.07, 6.45) is 2.06. The molecule has 9 nitrogen and oxygen atoms in total. The number of anilines is 1. The van der Waals surface area contributed by atoms with Gasteiger partial charge in [-0.15, -0.1) is 5.10 Å². The quantitative estimate of drug-likeness (QED) is 0.432. The van der Waals surface area contributed by atoms with Crippen LogP contribution in [0.25, 0.3) is 10.9 Å². The van der Waals surface area contributed by atoms with Crippen LogP contribution < -0.4 is 10.5 Å². The second-order valence-electron chi connectivity index (χ2n) is 9.90. The molecule has 6 rings (SSSR count). The van der Waals surface area contributed by atoms with Gasteiger partial charge in [0.1, 0.15) is 11.9 Å². The van der Waals surface area contributed by atoms with Crippen LogP contribution in [0.15, 0.2) is 53.3 Å². The molecule has 0 radical (unpaired) electrons. The maximum Gasteiger partial charge on any atom is 0.253 e. The highest BCUT2D eigenvalue weighted by Crippen LogP contribution is 2.29. The number of aromatic nitrogens is 5. The number of tetrazole rings is 1. The predicted molar refractivity (Wildman–Crippen MR) is 138 cm³/mol. The number of piperazine rings is 1. The summed E-state index contributed by atoms with van der Waals surface area (Å²) in [6.45, 7) is 6.21. The third-order valence-corrected chi connectivity index (χ3v) is 7.40. The first-order valence-electron chi connectivity index (χ1n) is 12.8. The molecule has 0 spiro atoms. The smallest absolute Gasteiger partial charge is 0.253 e. The normalized spacial score (nSPS) is 19.5. The van der Waals surface area contributed by atoms with Crippen LogP contribution in [-0.2, 0) is 11.3 Å². The van der Waals surface area contributed by atoms with Crippen molar-refractivity contribution in [2.24, 2.45) is 0 Å². The number of aryl methyl sites for hydroxylation is 1. The number of rotatable bonds is 6. The number of hydrogen-bond donors (Lipinski definition) is 1. The Morgan fingerprint density at radius 1 is 1.11 bits per heavy atom. The van der Waals surface area contributed by atoms with Gasteiger partial charge in [-0.3, -0.25) is 9.69 Å². The molecule has 2 aromatic heterocycles. The van der Waals surface area contributed by atoms with Crippen molar-refractivity contribution in [2.45, 2.75) is 38.5 Å². The third-order valence-electron chi connectivity index (χ3n) is 7.40. The van der Waals surface area contributed by atoms with Crippen molar-refractivity contribution in [3.8, 4) is 0 Å². The maximum absolute atomic E-state index is 13.4. The average molecular weight is 504 g/mol. The molecule has 37 heavy (non-hydrogen) atoms. The van der Waals surface area contributed by atoms with E-state index >= 15 is 0 Å². The van der Waals surface area contributed by atoms with E-state index in [1.54, 1.807) is 16.8 Å². The Bertz CT molecular complexity index is 1440. The van der Waals surface area contributed by atoms with Gasteiger partial charge in [0.15, 0.2) is 5.82 Å². The summed E-state index contributed by atoms with van der Waals surface area (Å²) in [5.41, 5.74) is 3.39. The van der Waals surface area contributed by atoms with E-state index in [9.17, 15) is 9.18 Å². The van der Waals surface area contributed by atoms with Crippen molar-refractivity contribution >= 4 is 16.6 Å². The molecule has 2 aliphatic rings. The largest absolute Gasteiger partial charge is 0.376 e. The van der Waals surface area contributed by atoms with E-state index in [-0.39, 0.29) is 17.5 Å². The fourth-order valence-electron chi connectivity index (χ4n) is 5.45. The first-order valence-corrected chi connectivity index (χ1v) is 12.8. The molecule has 4 heterocycles. The van der Waals surface area contributed by atoms with Crippen molar-refractivity contribution in [1.82, 2.24) is 30.1 Å². The van der Waals surface area contributed by atoms with Crippen LogP contribution >= 0.6 is 0 Å². The SMILES string of the molecule is Cc1ccc2[nH]c(=O)c([C@@H](c3nnnn3C[C@@H]3CCCO3)N3CCN(c4ccc(F)cc4)CC3)cc2c1. The summed E-state index contributed by atoms with van der Waals surface area (Å²) in [7, 11) is 0. The molecule has 10 heteroatoms. The molecule has 2 atom stereocenters. The lowest BCUT2D eigenvalue weighted by molar-refractivity contribution is 0.0906. The van der Waals surface area contributed by atoms with Gasteiger partial charge in [0.25, 0.3) is 5.56 Å². The minimum atomic E-state index is -0.416. The number of aromatic amines is 1. The number of H-pyrrole nitrogens is 1. The molecule has 4 aromatic rings. The van der Waals surface area contributed by atoms with Crippen LogP contribution in [-0.4, -0.2) is 69.0 Å². The number of hydrogen-bond acceptors (Lipinski definition) is 7. The van der Waals surface area contributed by atoms with Gasteiger partial charge in [-0.2, -0.15) is 0 Å². The summed E-state index contributed by atoms with van der Waals surface area (Å²) in [5.74, 6) is 0.398. The number of halogens is 1. The summed E-state index contributed by atoms with van der Waals surface area (Å²) in [6, 6.07) is 14.2. The molecule has 192 valence electrons. The van der Waals surface area contributed by atoms with Crippen LogP contribution in [0.5, 0.6) is 0 Å². The Labute approximate surface area is 213 Å². The molecule has 2 aromatic carbocycles. The molecule has 0 bridgehead atoms. The van der Waals surface area contributed by atoms with Crippen molar-refractivity contribution in [3.63, 3.8) is 0 Å². The molecular formula is C27H30FN7O2. The summed E-state index contributed by atoms with van der Waals surface area (Å²) < 4.78 is 21.1. The van der Waals surface area contributed by atoms with Crippen LogP contribution in [0.3, 0.4) is 0 Å². The van der Waals surface area contributed by atoms with E-state index in [1.165, 1.54) is 12.1 Å². The molecule has 2 aliphatic heterocycles. The van der Waals surface area contributed by atoms with E-state index in [1.807, 2.05) is 25.1 Å². The molecule has 0 unspecified atom stereocenters. The van der Waals surface area contributed by atoms with Crippen molar-refractivity contribution in [1.29, 1.82) is 0 Å². The lowest BCUT2D eigenvalue weighted by atomic mass is 10.0. The van der Waals surface area contributed by atoms with Crippen LogP contribution in [0.2, 0.25) is 0 Å². The van der Waals surface area contributed by atoms with E-state index in [0.717, 1.165) is 54.7 Å². The van der Waals surface area contributed by atoms with E-state index < -0.39 is 6.04 Å². The number of nitrogens with zero attached hydrogens (tertiary/aromatic N) is 6. The van der Waals surface area contributed by atoms with Crippen molar-refractivity contribution < 1.29 is 9.13 Å². The maximum atomic E-state index is 13.4. The van der Waals surface area contributed by atoms with Crippen LogP contribution in [0, 0.1) is 12.7 Å². The molecular weight excluding hydrogens is 473 g/mol. The molecule has 0 saturated carbocycles. The monoisotopic (exact) mass is 503 g/mol. The highest BCUT2D eigenvalue weighted by molar-refractivity contribution is 5.79. The summed E-state index contributed by atoms with van der Waals surface area (Å²) in [5, 5.41) is 13.7. The number of ether oxygens (including phenoxy) is 1. The minimum absolute atomic E-state index is 0.0655. The average Bonchev–Trinajstić information content (AvgIpc) is 3.59. The summed E-state index contributed by atoms with van der Waals surface area (Å²) >= 11 is 0. The van der Waals surface area contributed by atoms with Gasteiger partial charge >= 0.3 is 0 Å². The first kappa shape index (κ1) is 23.7. The number of nitrogens with one attached hydrogen (secondary N) is 1. The summed E-state index contributed by atoms with van der Waals surface area (Å²) in [4.78, 5) is 21.0. The Morgan fingerprint density at radius 2 is 1.92 bits per heavy atom. The van der Waals surface area contributed by atoms with Crippen LogP contribution in [0.1, 0.15) is 35.8 Å². The Hall–Kier alpha value is -3.63. The number of pyridine rings is 1. The third kappa shape index (κ3) is 4.86. The Kier molecular flexibility index (Phi) is 6.43. The highest BCUT2D eigenvalue weighted by Gasteiger charge is 2.33. The van der Waals surface area contributed by atoms with Gasteiger partial charge in [-0.25, -0.2) is 9.07 Å². The van der Waals surface area contributed by atoms with Crippen molar-refractivity contribution in [3.05, 3.63) is 81.7 Å². The second kappa shape index (κ2) is 10.0. The van der Waals surface area contributed by atoms with Gasteiger partial charge in [0.05, 0.1) is 12.6 Å². The Morgan fingerprint density at radius 3 is 2.68 bits per heavy atom. The van der Waals surface area contributed by atoms with Gasteiger partial charge < -0.3 is 14.6 Å². The zero-order chi connectivity index (χ0) is 25.4. The van der Waals surface area contributed by atoms with E-state index in [2.05, 4.69) is 36.4 Å². The second-order valence-corrected chi connectivity index (χ2v) is 9.90. The van der Waals surface area contributed by atoms with Gasteiger partial charge in [-0.1, -0.05) is 11.6 Å². The minimum Gasteiger partial charge on any atom is -0.376 e. The number of fused-ring (bicyclic) bond motifs is 1. The lowest BCUT2D eigenvalue weighted by Gasteiger charge is -2.39. The molecule has 0 amide bonds. The number of benzene rings is 2. The van der Waals surface area contributed by atoms with Gasteiger partial charge in [0, 0.05) is 49.6 Å². The van der Waals surface area contributed by atoms with E-state index in [0.29, 0.717) is 31.0 Å². The molecule has 1 N–H and O–H groups in total. The predicted octanol–water partition coefficient (Wildman–Crippen LogP) is 3.05. The molecule has 2 saturated heterocycles. The molecule has 2 fully saturated rings. The van der Waals surface area contributed by atoms with Crippen molar-refractivity contribution in [2.75, 3.05) is 37.7 Å². The zero-order valence-corrected chi connectivity index (χ0v) is 20.8. The van der Waals surface area contributed by atoms with Crippen LogP contribution in [0.4, 0.5) is 10.1 Å². The zero-order valence-electron chi connectivity index (χ0n) is 20.8. The highest BCUT2D eigenvalue weighted by atomic mass is 19.1. The standard InChI is InChI=1S/C27H30FN7O2/c1-18-4-9-24-19(15-18)16-23(27(36)29-24)25(26-30-31-32-35(26)17-22-3-2-14-37-22)34-12-10-33(11-13-34)21-7-5-20(28)6-8-21/h4-9,15-16,22,25H,2-3,10-14,17H2,1H3,(H,29,36)/t22-,25-/m0/s1. The fraction of sp³-hybridized carbons (Fsp3) is 0.407. The Balaban J connectivity index is 1.36. The fourth-order valence-corrected chi connectivity index (χ4v) is 5.45. The van der Waals surface area contributed by atoms with E-state index in [4.69, 9.17) is 4.74 Å². The molecule has 0 aliphatic carbocycles. The lowest BCUT2D eigenvalue weighted by Crippen LogP contribution is -2.49. The topological polar surface area (TPSA) is 92.2 Å². The van der Waals surface area contributed by atoms with Gasteiger partial charge in [-0.05, 0) is 78.0 Å². The van der Waals surface area contributed by atoms with Gasteiger partial charge in [0.2, 0.25) is 0 Å². The first-order chi connectivity index (χ1) is 18.0.